The monoisotopic (exact) mass is 486 g/mol. The van der Waals surface area contributed by atoms with Gasteiger partial charge in [-0.1, -0.05) is 0 Å². The number of hydrogen-bond acceptors (Lipinski definition) is 8. The molecule has 10 N–H and O–H groups in total. The molecule has 15 heteroatoms. The number of nitrogens with two attached hydrogens (primary N) is 3. The highest BCUT2D eigenvalue weighted by Crippen LogP contribution is 2.19. The summed E-state index contributed by atoms with van der Waals surface area (Å²) >= 11 is 0. The largest absolute Gasteiger partial charge is 0.481 e. The molecule has 0 bridgehead atoms. The predicted octanol–water partition coefficient (Wildman–Crippen LogP) is -3.64. The van der Waals surface area contributed by atoms with Crippen LogP contribution < -0.4 is 27.8 Å². The van der Waals surface area contributed by atoms with E-state index in [1.165, 1.54) is 0 Å². The van der Waals surface area contributed by atoms with Crippen LogP contribution in [0.15, 0.2) is 0 Å². The van der Waals surface area contributed by atoms with Crippen LogP contribution in [-0.2, 0) is 33.6 Å². The Bertz CT molecular complexity index is 833. The number of carboxylic acid groups (broad SMARTS) is 2. The van der Waals surface area contributed by atoms with Crippen molar-refractivity contribution in [3.05, 3.63) is 0 Å². The van der Waals surface area contributed by atoms with Crippen LogP contribution >= 0.6 is 0 Å². The number of amides is 5. The zero-order valence-electron chi connectivity index (χ0n) is 18.4. The van der Waals surface area contributed by atoms with Gasteiger partial charge in [0.25, 0.3) is 0 Å². The third-order valence-electron chi connectivity index (χ3n) is 5.15. The Balaban J connectivity index is 2.95. The van der Waals surface area contributed by atoms with Gasteiger partial charge in [-0.05, 0) is 25.7 Å². The van der Waals surface area contributed by atoms with E-state index < -0.39 is 78.5 Å². The number of aliphatic carboxylic acids is 2. The van der Waals surface area contributed by atoms with Gasteiger partial charge in [-0.25, -0.2) is 4.79 Å². The second-order valence-electron chi connectivity index (χ2n) is 7.86. The number of nitrogens with zero attached hydrogens (tertiary/aromatic N) is 1. The van der Waals surface area contributed by atoms with E-state index in [2.05, 4.69) is 10.6 Å². The minimum Gasteiger partial charge on any atom is -0.481 e. The van der Waals surface area contributed by atoms with Crippen LogP contribution in [0.5, 0.6) is 0 Å². The molecule has 1 heterocycles. The number of carbonyl (C=O) groups excluding carboxylic acids is 5. The Hall–Kier alpha value is -3.75. The van der Waals surface area contributed by atoms with Crippen molar-refractivity contribution < 1.29 is 43.8 Å². The van der Waals surface area contributed by atoms with Crippen molar-refractivity contribution >= 4 is 41.5 Å². The summed E-state index contributed by atoms with van der Waals surface area (Å²) in [6.07, 6.45) is -1.27. The van der Waals surface area contributed by atoms with Gasteiger partial charge in [0.2, 0.25) is 29.5 Å². The molecule has 1 aliphatic heterocycles. The molecule has 1 saturated heterocycles. The van der Waals surface area contributed by atoms with Crippen LogP contribution in [0.25, 0.3) is 0 Å². The molecule has 0 aliphatic carbocycles. The fraction of sp³-hybridized carbons (Fsp3) is 0.632. The van der Waals surface area contributed by atoms with E-state index in [4.69, 9.17) is 22.3 Å². The molecule has 0 aromatic rings. The lowest BCUT2D eigenvalue weighted by atomic mass is 10.1. The van der Waals surface area contributed by atoms with Crippen molar-refractivity contribution in [3.8, 4) is 0 Å². The number of carboxylic acids is 2. The number of likely N-dealkylation sites (tertiary alicyclic amines) is 1. The molecule has 0 radical (unpaired) electrons. The Morgan fingerprint density at radius 2 is 1.53 bits per heavy atom. The average molecular weight is 486 g/mol. The summed E-state index contributed by atoms with van der Waals surface area (Å²) in [5.41, 5.74) is 15.7. The summed E-state index contributed by atoms with van der Waals surface area (Å²) in [6.45, 7) is 0.170. The summed E-state index contributed by atoms with van der Waals surface area (Å²) in [7, 11) is 0. The zero-order valence-corrected chi connectivity index (χ0v) is 18.4. The zero-order chi connectivity index (χ0) is 26.0. The Morgan fingerprint density at radius 3 is 2.06 bits per heavy atom. The Morgan fingerprint density at radius 1 is 0.912 bits per heavy atom. The molecule has 15 nitrogen and oxygen atoms in total. The van der Waals surface area contributed by atoms with Gasteiger partial charge in [-0.2, -0.15) is 0 Å². The number of nitrogens with one attached hydrogen (secondary N) is 2. The number of rotatable bonds is 14. The number of primary amides is 2. The summed E-state index contributed by atoms with van der Waals surface area (Å²) in [5, 5.41) is 22.7. The molecule has 1 rings (SSSR count). The van der Waals surface area contributed by atoms with E-state index in [1.54, 1.807) is 0 Å². The van der Waals surface area contributed by atoms with Crippen molar-refractivity contribution in [1.29, 1.82) is 0 Å². The van der Waals surface area contributed by atoms with Crippen LogP contribution in [-0.4, -0.2) is 87.3 Å². The topological polar surface area (TPSA) is 265 Å². The molecule has 0 aromatic heterocycles. The van der Waals surface area contributed by atoms with Crippen LogP contribution in [0, 0.1) is 0 Å². The third kappa shape index (κ3) is 9.01. The van der Waals surface area contributed by atoms with E-state index in [0.717, 1.165) is 4.90 Å². The second-order valence-corrected chi connectivity index (χ2v) is 7.86. The first-order chi connectivity index (χ1) is 15.8. The molecule has 0 saturated carbocycles. The van der Waals surface area contributed by atoms with E-state index in [1.807, 2.05) is 0 Å². The molecule has 1 fully saturated rings. The minimum absolute atomic E-state index is 0.170. The Kier molecular flexibility index (Phi) is 10.9. The van der Waals surface area contributed by atoms with E-state index in [9.17, 15) is 38.7 Å². The highest BCUT2D eigenvalue weighted by molar-refractivity contribution is 5.95. The first kappa shape index (κ1) is 28.3. The van der Waals surface area contributed by atoms with Gasteiger partial charge in [0, 0.05) is 19.4 Å². The SMILES string of the molecule is NC(=O)CCC(NC(=O)C(CCC(=O)O)NC(=O)C1CCCN1C(=O)C(N)CC(N)=O)C(=O)O. The standard InChI is InChI=1S/C19H30N6O9/c20-9(8-14(22)27)18(32)25-7-1-2-12(25)17(31)23-10(4-6-15(28)29)16(30)24-11(19(33)34)3-5-13(21)26/h9-12H,1-8,20H2,(H2,21,26)(H2,22,27)(H,23,31)(H,24,30)(H,28,29)(H,33,34). The van der Waals surface area contributed by atoms with Crippen molar-refractivity contribution in [2.24, 2.45) is 17.2 Å². The normalized spacial score (nSPS) is 17.8. The Labute approximate surface area is 194 Å². The van der Waals surface area contributed by atoms with Crippen molar-refractivity contribution in [2.75, 3.05) is 6.54 Å². The molecule has 4 unspecified atom stereocenters. The van der Waals surface area contributed by atoms with Gasteiger partial charge in [0.15, 0.2) is 0 Å². The highest BCUT2D eigenvalue weighted by atomic mass is 16.4. The first-order valence-electron chi connectivity index (χ1n) is 10.5. The fourth-order valence-electron chi connectivity index (χ4n) is 3.44. The molecular formula is C19H30N6O9. The van der Waals surface area contributed by atoms with E-state index in [0.29, 0.717) is 6.42 Å². The van der Waals surface area contributed by atoms with Crippen molar-refractivity contribution in [2.45, 2.75) is 69.1 Å². The van der Waals surface area contributed by atoms with Gasteiger partial charge in [-0.3, -0.25) is 28.8 Å². The molecule has 0 spiro atoms. The van der Waals surface area contributed by atoms with Gasteiger partial charge in [-0.15, -0.1) is 0 Å². The molecule has 0 aromatic carbocycles. The summed E-state index contributed by atoms with van der Waals surface area (Å²) in [6, 6.07) is -5.22. The first-order valence-corrected chi connectivity index (χ1v) is 10.5. The average Bonchev–Trinajstić information content (AvgIpc) is 3.22. The maximum Gasteiger partial charge on any atom is 0.326 e. The molecule has 4 atom stereocenters. The molecule has 5 amide bonds. The maximum atomic E-state index is 12.9. The van der Waals surface area contributed by atoms with Gasteiger partial charge >= 0.3 is 11.9 Å². The minimum atomic E-state index is -1.50. The van der Waals surface area contributed by atoms with Crippen LogP contribution in [0.3, 0.4) is 0 Å². The fourth-order valence-corrected chi connectivity index (χ4v) is 3.44. The van der Waals surface area contributed by atoms with Crippen LogP contribution in [0.4, 0.5) is 0 Å². The lowest BCUT2D eigenvalue weighted by molar-refractivity contribution is -0.144. The number of carbonyl (C=O) groups is 7. The molecule has 190 valence electrons. The number of hydrogen-bond donors (Lipinski definition) is 7. The lowest BCUT2D eigenvalue weighted by Crippen LogP contribution is -2.57. The van der Waals surface area contributed by atoms with Gasteiger partial charge in [0.05, 0.1) is 12.5 Å². The second kappa shape index (κ2) is 13.1. The molecule has 34 heavy (non-hydrogen) atoms. The predicted molar refractivity (Wildman–Crippen MR) is 113 cm³/mol. The summed E-state index contributed by atoms with van der Waals surface area (Å²) in [5.74, 6) is -6.72. The third-order valence-corrected chi connectivity index (χ3v) is 5.15. The van der Waals surface area contributed by atoms with Crippen molar-refractivity contribution in [3.63, 3.8) is 0 Å². The molecule has 1 aliphatic rings. The lowest BCUT2D eigenvalue weighted by Gasteiger charge is -2.28. The quantitative estimate of drug-likeness (QED) is 0.126. The van der Waals surface area contributed by atoms with Crippen LogP contribution in [0.1, 0.15) is 44.9 Å². The highest BCUT2D eigenvalue weighted by Gasteiger charge is 2.38. The van der Waals surface area contributed by atoms with Gasteiger partial charge < -0.3 is 42.9 Å². The smallest absolute Gasteiger partial charge is 0.326 e. The van der Waals surface area contributed by atoms with Crippen molar-refractivity contribution in [1.82, 2.24) is 15.5 Å². The van der Waals surface area contributed by atoms with E-state index in [-0.39, 0.29) is 32.2 Å². The summed E-state index contributed by atoms with van der Waals surface area (Å²) < 4.78 is 0. The van der Waals surface area contributed by atoms with E-state index >= 15 is 0 Å². The maximum absolute atomic E-state index is 12.9. The van der Waals surface area contributed by atoms with Crippen LogP contribution in [0.2, 0.25) is 0 Å². The summed E-state index contributed by atoms with van der Waals surface area (Å²) in [4.78, 5) is 83.6. The molecular weight excluding hydrogens is 456 g/mol. The van der Waals surface area contributed by atoms with Gasteiger partial charge in [0.1, 0.15) is 18.1 Å².